The summed E-state index contributed by atoms with van der Waals surface area (Å²) in [5.74, 6) is -0.484. The predicted molar refractivity (Wildman–Crippen MR) is 149 cm³/mol. The predicted octanol–water partition coefficient (Wildman–Crippen LogP) is 4.59. The molecule has 8 rings (SSSR count). The Bertz CT molecular complexity index is 1710. The van der Waals surface area contributed by atoms with Gasteiger partial charge in [0.05, 0.1) is 0 Å². The molecule has 0 radical (unpaired) electrons. The van der Waals surface area contributed by atoms with Gasteiger partial charge in [0, 0.05) is 62.9 Å². The van der Waals surface area contributed by atoms with E-state index in [0.717, 1.165) is 33.4 Å². The lowest BCUT2D eigenvalue weighted by molar-refractivity contribution is -0.181. The van der Waals surface area contributed by atoms with E-state index < -0.39 is 22.7 Å². The van der Waals surface area contributed by atoms with Crippen LogP contribution in [-0.2, 0) is 20.6 Å². The third kappa shape index (κ3) is 2.29. The Kier molecular flexibility index (Phi) is 3.94. The highest BCUT2D eigenvalue weighted by Crippen LogP contribution is 2.72. The Hall–Kier alpha value is -3.84. The number of aromatic amines is 1. The minimum absolute atomic E-state index is 0.0806. The fourth-order valence-electron chi connectivity index (χ4n) is 8.48. The van der Waals surface area contributed by atoms with Crippen LogP contribution in [0, 0.1) is 5.92 Å². The van der Waals surface area contributed by atoms with E-state index in [1.807, 2.05) is 60.7 Å². The van der Waals surface area contributed by atoms with E-state index in [4.69, 9.17) is 0 Å². The van der Waals surface area contributed by atoms with Crippen molar-refractivity contribution < 1.29 is 14.7 Å². The van der Waals surface area contributed by atoms with Crippen LogP contribution in [0.3, 0.4) is 0 Å². The second kappa shape index (κ2) is 6.65. The number of anilines is 1. The smallest absolute Gasteiger partial charge is 0.273 e. The Morgan fingerprint density at radius 1 is 1.00 bits per heavy atom. The van der Waals surface area contributed by atoms with Crippen molar-refractivity contribution in [1.29, 1.82) is 0 Å². The van der Waals surface area contributed by atoms with Gasteiger partial charge in [-0.2, -0.15) is 0 Å². The van der Waals surface area contributed by atoms with E-state index in [0.29, 0.717) is 5.70 Å². The SMILES string of the molecule is CC1C(C)(C)N2c3ccccc3[C@@]3(O)C[C@H]4C(=O)N5/C=C\C(C)(C)c6[nH]c7ccccc7c6/C=C\5C(=O)N4[C@@]123. The molecule has 1 spiro atoms. The average Bonchev–Trinajstić information content (AvgIpc) is 3.48. The third-order valence-electron chi connectivity index (χ3n) is 10.5. The minimum Gasteiger partial charge on any atom is -0.380 e. The van der Waals surface area contributed by atoms with Gasteiger partial charge >= 0.3 is 0 Å². The van der Waals surface area contributed by atoms with Crippen LogP contribution in [0.1, 0.15) is 57.9 Å². The van der Waals surface area contributed by atoms with Crippen LogP contribution in [0.25, 0.3) is 17.0 Å². The molecule has 4 atom stereocenters. The van der Waals surface area contributed by atoms with Gasteiger partial charge in [-0.1, -0.05) is 63.2 Å². The molecule has 2 N–H and O–H groups in total. The van der Waals surface area contributed by atoms with Gasteiger partial charge in [0.25, 0.3) is 11.8 Å². The number of hydrogen-bond donors (Lipinski definition) is 2. The first-order valence-electron chi connectivity index (χ1n) is 13.8. The summed E-state index contributed by atoms with van der Waals surface area (Å²) in [7, 11) is 0. The average molecular weight is 521 g/mol. The summed E-state index contributed by atoms with van der Waals surface area (Å²) in [4.78, 5) is 38.1. The maximum absolute atomic E-state index is 14.7. The molecular weight excluding hydrogens is 488 g/mol. The molecule has 0 saturated carbocycles. The second-order valence-corrected chi connectivity index (χ2v) is 12.9. The number of rotatable bonds is 0. The molecule has 1 unspecified atom stereocenters. The maximum atomic E-state index is 14.7. The number of piperazine rings is 1. The topological polar surface area (TPSA) is 79.9 Å². The molecule has 3 aromatic rings. The van der Waals surface area contributed by atoms with Gasteiger partial charge in [-0.3, -0.25) is 19.4 Å². The molecule has 5 aliphatic heterocycles. The van der Waals surface area contributed by atoms with E-state index >= 15 is 0 Å². The van der Waals surface area contributed by atoms with Gasteiger partial charge < -0.3 is 15.0 Å². The van der Waals surface area contributed by atoms with Crippen molar-refractivity contribution in [1.82, 2.24) is 14.8 Å². The van der Waals surface area contributed by atoms with E-state index in [1.165, 1.54) is 4.90 Å². The molecule has 0 bridgehead atoms. The highest BCUT2D eigenvalue weighted by Gasteiger charge is 2.84. The number of para-hydroxylation sites is 2. The van der Waals surface area contributed by atoms with E-state index in [9.17, 15) is 14.7 Å². The summed E-state index contributed by atoms with van der Waals surface area (Å²) < 4.78 is 0. The van der Waals surface area contributed by atoms with Gasteiger partial charge in [-0.25, -0.2) is 0 Å². The Morgan fingerprint density at radius 3 is 2.51 bits per heavy atom. The zero-order valence-electron chi connectivity index (χ0n) is 22.8. The molecule has 5 aliphatic rings. The molecule has 3 saturated heterocycles. The molecule has 7 heteroatoms. The molecule has 0 aliphatic carbocycles. The fraction of sp³-hybridized carbons (Fsp3) is 0.375. The Labute approximate surface area is 227 Å². The standard InChI is InChI=1S/C32H32N4O3/c1-18-30(4,5)36-23-13-9-7-11-21(23)31(39)17-25-27(37)34-15-14-29(2,3)26-20(19-10-6-8-12-22(19)33-26)16-24(34)28(38)35(25)32(18,31)36/h6-16,18,25,33,39H,17H2,1-5H3/b15-14-,24-16-/t18?,25-,31-,32-/m0/s1. The molecule has 3 fully saturated rings. The monoisotopic (exact) mass is 520 g/mol. The van der Waals surface area contributed by atoms with Gasteiger partial charge in [0.15, 0.2) is 5.66 Å². The summed E-state index contributed by atoms with van der Waals surface area (Å²) >= 11 is 0. The number of hydrogen-bond acceptors (Lipinski definition) is 4. The number of nitrogens with zero attached hydrogens (tertiary/aromatic N) is 3. The lowest BCUT2D eigenvalue weighted by Gasteiger charge is -2.70. The van der Waals surface area contributed by atoms with Crippen molar-refractivity contribution >= 4 is 34.5 Å². The van der Waals surface area contributed by atoms with Crippen LogP contribution >= 0.6 is 0 Å². The number of benzene rings is 2. The van der Waals surface area contributed by atoms with Gasteiger partial charge in [0.1, 0.15) is 17.3 Å². The minimum atomic E-state index is -1.36. The van der Waals surface area contributed by atoms with E-state index in [2.05, 4.69) is 44.5 Å². The summed E-state index contributed by atoms with van der Waals surface area (Å²) in [5.41, 5.74) is 1.87. The Balaban J connectivity index is 1.38. The number of nitrogens with one attached hydrogen (secondary N) is 1. The fourth-order valence-corrected chi connectivity index (χ4v) is 8.48. The lowest BCUT2D eigenvalue weighted by Crippen LogP contribution is -2.86. The van der Waals surface area contributed by atoms with Crippen LogP contribution < -0.4 is 4.90 Å². The first-order chi connectivity index (χ1) is 18.5. The molecule has 6 heterocycles. The summed E-state index contributed by atoms with van der Waals surface area (Å²) in [6, 6.07) is 15.2. The number of allylic oxidation sites excluding steroid dienone is 1. The largest absolute Gasteiger partial charge is 0.380 e. The number of aromatic nitrogens is 1. The molecule has 1 aromatic heterocycles. The highest BCUT2D eigenvalue weighted by molar-refractivity contribution is 6.11. The van der Waals surface area contributed by atoms with Gasteiger partial charge in [0.2, 0.25) is 0 Å². The van der Waals surface area contributed by atoms with Crippen LogP contribution in [0.15, 0.2) is 66.5 Å². The van der Waals surface area contributed by atoms with Crippen molar-refractivity contribution in [3.63, 3.8) is 0 Å². The maximum Gasteiger partial charge on any atom is 0.273 e. The van der Waals surface area contributed by atoms with Crippen LogP contribution in [0.2, 0.25) is 0 Å². The van der Waals surface area contributed by atoms with Crippen LogP contribution in [0.5, 0.6) is 0 Å². The molecule has 7 nitrogen and oxygen atoms in total. The zero-order valence-corrected chi connectivity index (χ0v) is 22.8. The summed E-state index contributed by atoms with van der Waals surface area (Å²) in [6.45, 7) is 10.6. The quantitative estimate of drug-likeness (QED) is 0.455. The molecular formula is C32H32N4O3. The number of amides is 2. The number of carbonyl (C=O) groups is 2. The van der Waals surface area contributed by atoms with E-state index in [1.54, 1.807) is 11.1 Å². The molecule has 198 valence electrons. The van der Waals surface area contributed by atoms with Crippen molar-refractivity contribution in [2.24, 2.45) is 5.92 Å². The highest BCUT2D eigenvalue weighted by atomic mass is 16.3. The van der Waals surface area contributed by atoms with Crippen molar-refractivity contribution in [2.45, 2.75) is 69.3 Å². The zero-order chi connectivity index (χ0) is 27.3. The lowest BCUT2D eigenvalue weighted by atomic mass is 9.61. The number of fused-ring (bicyclic) bond motifs is 8. The first kappa shape index (κ1) is 23.1. The number of H-pyrrole nitrogens is 1. The third-order valence-corrected chi connectivity index (χ3v) is 10.5. The normalized spacial score (nSPS) is 35.0. The Morgan fingerprint density at radius 2 is 1.72 bits per heavy atom. The first-order valence-corrected chi connectivity index (χ1v) is 13.8. The molecule has 2 aromatic carbocycles. The van der Waals surface area contributed by atoms with Crippen molar-refractivity contribution in [3.05, 3.63) is 83.3 Å². The molecule has 39 heavy (non-hydrogen) atoms. The van der Waals surface area contributed by atoms with E-state index in [-0.39, 0.29) is 29.7 Å². The molecule has 2 amide bonds. The van der Waals surface area contributed by atoms with Crippen LogP contribution in [0.4, 0.5) is 5.69 Å². The summed E-state index contributed by atoms with van der Waals surface area (Å²) in [6.07, 6.45) is 5.80. The van der Waals surface area contributed by atoms with Crippen molar-refractivity contribution in [2.75, 3.05) is 4.90 Å². The van der Waals surface area contributed by atoms with Crippen molar-refractivity contribution in [3.8, 4) is 0 Å². The second-order valence-electron chi connectivity index (χ2n) is 12.9. The summed E-state index contributed by atoms with van der Waals surface area (Å²) in [5, 5.41) is 13.6. The van der Waals surface area contributed by atoms with Gasteiger partial charge in [-0.05, 0) is 32.1 Å². The number of aliphatic hydroxyl groups is 1. The van der Waals surface area contributed by atoms with Gasteiger partial charge in [-0.15, -0.1) is 0 Å². The number of carbonyl (C=O) groups excluding carboxylic acids is 2. The van der Waals surface area contributed by atoms with Crippen LogP contribution in [-0.4, -0.2) is 48.9 Å².